The first-order chi connectivity index (χ1) is 10.2. The van der Waals surface area contributed by atoms with E-state index in [9.17, 15) is 18.0 Å². The molecule has 0 aliphatic carbocycles. The quantitative estimate of drug-likeness (QED) is 0.599. The van der Waals surface area contributed by atoms with Crippen molar-refractivity contribution in [3.63, 3.8) is 0 Å². The van der Waals surface area contributed by atoms with Crippen LogP contribution in [0.3, 0.4) is 0 Å². The number of benzene rings is 1. The Bertz CT molecular complexity index is 470. The zero-order chi connectivity index (χ0) is 17.4. The molecule has 0 atom stereocenters. The Morgan fingerprint density at radius 1 is 1.27 bits per heavy atom. The summed E-state index contributed by atoms with van der Waals surface area (Å²) in [7, 11) is -4.37. The number of hydrogen-bond acceptors (Lipinski definition) is 6. The van der Waals surface area contributed by atoms with E-state index in [-0.39, 0.29) is 11.8 Å². The van der Waals surface area contributed by atoms with Crippen molar-refractivity contribution in [1.29, 1.82) is 0 Å². The van der Waals surface area contributed by atoms with Crippen LogP contribution >= 0.6 is 10.9 Å². The van der Waals surface area contributed by atoms with Crippen molar-refractivity contribution < 1.29 is 36.2 Å². The van der Waals surface area contributed by atoms with Crippen molar-refractivity contribution in [2.45, 2.75) is 26.0 Å². The van der Waals surface area contributed by atoms with Gasteiger partial charge < -0.3 is 9.11 Å². The Morgan fingerprint density at radius 3 is 2.32 bits per heavy atom. The lowest BCUT2D eigenvalue weighted by molar-refractivity contribution is -0.314. The van der Waals surface area contributed by atoms with E-state index in [1.807, 2.05) is 13.8 Å². The summed E-state index contributed by atoms with van der Waals surface area (Å²) in [5.41, 5.74) is -4.63. The molecule has 1 rings (SSSR count). The second-order valence-electron chi connectivity index (χ2n) is 3.55. The van der Waals surface area contributed by atoms with Crippen LogP contribution in [0.2, 0.25) is 0 Å². The zero-order valence-electron chi connectivity index (χ0n) is 12.2. The summed E-state index contributed by atoms with van der Waals surface area (Å²) in [5, 5.41) is 0.185. The minimum Gasteiger partial charge on any atom is -0.300 e. The molecular formula is C12H18F3NO5S. The molecule has 0 fully saturated rings. The van der Waals surface area contributed by atoms with Crippen LogP contribution in [0.4, 0.5) is 13.2 Å². The summed E-state index contributed by atoms with van der Waals surface area (Å²) >= 11 is 0. The first-order valence-electron chi connectivity index (χ1n) is 6.11. The van der Waals surface area contributed by atoms with Gasteiger partial charge in [-0.3, -0.25) is 9.63 Å². The molecule has 0 spiro atoms. The summed E-state index contributed by atoms with van der Waals surface area (Å²) in [6.45, 7) is 3.72. The van der Waals surface area contributed by atoms with Crippen molar-refractivity contribution in [3.05, 3.63) is 35.4 Å². The van der Waals surface area contributed by atoms with Gasteiger partial charge in [0.2, 0.25) is 10.9 Å². The smallest absolute Gasteiger partial charge is 0.300 e. The Labute approximate surface area is 127 Å². The topological polar surface area (TPSA) is 79.2 Å². The molecule has 0 radical (unpaired) electrons. The van der Waals surface area contributed by atoms with Crippen LogP contribution in [-0.4, -0.2) is 33.2 Å². The van der Waals surface area contributed by atoms with E-state index in [0.29, 0.717) is 17.4 Å². The Balaban J connectivity index is 0.00000211. The second kappa shape index (κ2) is 9.08. The first kappa shape index (κ1) is 20.8. The van der Waals surface area contributed by atoms with Gasteiger partial charge in [-0.2, -0.15) is 17.5 Å². The van der Waals surface area contributed by atoms with Crippen molar-refractivity contribution in [2.24, 2.45) is 0 Å². The van der Waals surface area contributed by atoms with Crippen LogP contribution in [0, 0.1) is 0 Å². The van der Waals surface area contributed by atoms with Crippen molar-refractivity contribution in [1.82, 2.24) is 5.23 Å². The van der Waals surface area contributed by atoms with Crippen molar-refractivity contribution >= 4 is 17.2 Å². The minimum atomic E-state index is -5.33. The molecule has 10 heteroatoms. The number of carbonyl (C=O) groups excluding carboxylic acids is 1. The largest absolute Gasteiger partial charge is 0.495 e. The number of halogens is 3. The van der Waals surface area contributed by atoms with E-state index in [1.54, 1.807) is 12.1 Å². The third-order valence-electron chi connectivity index (χ3n) is 2.09. The number of aldehydes is 1. The number of carbonyl (C=O) groups is 1. The Hall–Kier alpha value is -1.17. The second-order valence-corrected chi connectivity index (χ2v) is 5.15. The van der Waals surface area contributed by atoms with E-state index in [0.717, 1.165) is 7.05 Å². The first-order valence-corrected chi connectivity index (χ1v) is 7.58. The highest BCUT2D eigenvalue weighted by molar-refractivity contribution is 8.20. The molecule has 0 unspecified atom stereocenters. The maximum Gasteiger partial charge on any atom is 0.495 e. The summed E-state index contributed by atoms with van der Waals surface area (Å²) in [4.78, 5) is 15.5. The van der Waals surface area contributed by atoms with Gasteiger partial charge in [-0.25, -0.2) is 0 Å². The molecule has 6 nitrogen and oxygen atoms in total. The Kier molecular flexibility index (Phi) is 8.60. The number of hydroxylamine groups is 2. The Morgan fingerprint density at radius 2 is 1.82 bits per heavy atom. The predicted molar refractivity (Wildman–Crippen MR) is 75.7 cm³/mol. The summed E-state index contributed by atoms with van der Waals surface area (Å²) in [5.74, 6) is 0. The van der Waals surface area contributed by atoms with Gasteiger partial charge in [0, 0.05) is 12.6 Å². The van der Waals surface area contributed by atoms with E-state index < -0.39 is 16.4 Å². The SMILES string of the molecule is CC.CN(OCc1ccccc1C=O)OS(O)(O)C(F)(F)F. The number of alkyl halides is 3. The van der Waals surface area contributed by atoms with Crippen LogP contribution in [0.15, 0.2) is 24.3 Å². The molecule has 0 saturated carbocycles. The molecule has 0 heterocycles. The van der Waals surface area contributed by atoms with Gasteiger partial charge in [-0.1, -0.05) is 43.3 Å². The van der Waals surface area contributed by atoms with Gasteiger partial charge in [0.25, 0.3) is 0 Å². The lowest BCUT2D eigenvalue weighted by Gasteiger charge is -2.30. The molecule has 22 heavy (non-hydrogen) atoms. The number of hydrogen-bond donors (Lipinski definition) is 2. The molecule has 2 N–H and O–H groups in total. The van der Waals surface area contributed by atoms with Crippen LogP contribution in [-0.2, 0) is 15.7 Å². The van der Waals surface area contributed by atoms with E-state index in [1.165, 1.54) is 12.1 Å². The molecule has 128 valence electrons. The highest BCUT2D eigenvalue weighted by Gasteiger charge is 2.52. The van der Waals surface area contributed by atoms with Crippen LogP contribution in [0.25, 0.3) is 0 Å². The molecule has 0 saturated heterocycles. The molecule has 0 aliphatic heterocycles. The summed E-state index contributed by atoms with van der Waals surface area (Å²) in [6.07, 6.45) is 0.558. The minimum absolute atomic E-state index is 0.185. The summed E-state index contributed by atoms with van der Waals surface area (Å²) < 4.78 is 57.8. The van der Waals surface area contributed by atoms with Gasteiger partial charge in [0.1, 0.15) is 6.29 Å². The zero-order valence-corrected chi connectivity index (χ0v) is 13.0. The fourth-order valence-corrected chi connectivity index (χ4v) is 1.57. The monoisotopic (exact) mass is 345 g/mol. The average molecular weight is 345 g/mol. The van der Waals surface area contributed by atoms with Gasteiger partial charge in [-0.05, 0) is 5.56 Å². The fourth-order valence-electron chi connectivity index (χ4n) is 1.15. The number of rotatable bonds is 6. The lowest BCUT2D eigenvalue weighted by atomic mass is 10.1. The van der Waals surface area contributed by atoms with E-state index in [2.05, 4.69) is 4.28 Å². The van der Waals surface area contributed by atoms with Crippen molar-refractivity contribution in [2.75, 3.05) is 7.05 Å². The van der Waals surface area contributed by atoms with Gasteiger partial charge in [-0.15, -0.1) is 0 Å². The van der Waals surface area contributed by atoms with E-state index >= 15 is 0 Å². The maximum atomic E-state index is 12.2. The highest BCUT2D eigenvalue weighted by Crippen LogP contribution is 2.56. The van der Waals surface area contributed by atoms with Crippen molar-refractivity contribution in [3.8, 4) is 0 Å². The fraction of sp³-hybridized carbons (Fsp3) is 0.417. The van der Waals surface area contributed by atoms with Crippen LogP contribution < -0.4 is 0 Å². The van der Waals surface area contributed by atoms with Crippen LogP contribution in [0.5, 0.6) is 0 Å². The molecule has 0 amide bonds. The molecule has 0 bridgehead atoms. The molecule has 0 aliphatic rings. The summed E-state index contributed by atoms with van der Waals surface area (Å²) in [6, 6.07) is 6.23. The normalized spacial score (nSPS) is 12.6. The third kappa shape index (κ3) is 6.30. The molecule has 0 aromatic heterocycles. The van der Waals surface area contributed by atoms with Gasteiger partial charge in [0.05, 0.1) is 6.61 Å². The average Bonchev–Trinajstić information content (AvgIpc) is 2.46. The van der Waals surface area contributed by atoms with E-state index in [4.69, 9.17) is 13.9 Å². The van der Waals surface area contributed by atoms with Gasteiger partial charge in [0.15, 0.2) is 0 Å². The highest BCUT2D eigenvalue weighted by atomic mass is 32.3. The third-order valence-corrected chi connectivity index (χ3v) is 3.12. The number of nitrogens with zero attached hydrogens (tertiary/aromatic N) is 1. The maximum absolute atomic E-state index is 12.2. The molecule has 1 aromatic carbocycles. The predicted octanol–water partition coefficient (Wildman–Crippen LogP) is 4.01. The molecular weight excluding hydrogens is 327 g/mol. The standard InChI is InChI=1S/C10H12F3NO5S.C2H6/c1-14(19-20(16,17)10(11,12)13)18-7-9-5-3-2-4-8(9)6-15;1-2/h2-6,16-17H,7H2,1H3;1-2H3. The van der Waals surface area contributed by atoms with Gasteiger partial charge >= 0.3 is 5.51 Å². The molecule has 1 aromatic rings. The van der Waals surface area contributed by atoms with Crippen LogP contribution in [0.1, 0.15) is 29.8 Å². The lowest BCUT2D eigenvalue weighted by Crippen LogP contribution is -2.29.